The number of halogens is 2. The molecule has 1 unspecified atom stereocenters. The molecule has 0 spiro atoms. The predicted molar refractivity (Wildman–Crippen MR) is 90.3 cm³/mol. The zero-order chi connectivity index (χ0) is 16.6. The summed E-state index contributed by atoms with van der Waals surface area (Å²) in [4.78, 5) is 24.6. The van der Waals surface area contributed by atoms with Gasteiger partial charge in [-0.2, -0.15) is 5.10 Å². The standard InChI is InChI=1S/C16H15Cl2N3O2/c1-9(16(23)19-15-11(17)5-3-6-12(15)18)21-14(22)8-10-4-2-7-13(10)20-21/h3,5-6,8-9H,2,4,7H2,1H3,(H,19,23). The maximum absolute atomic E-state index is 12.4. The van der Waals surface area contributed by atoms with Crippen LogP contribution in [-0.2, 0) is 17.6 Å². The van der Waals surface area contributed by atoms with Crippen molar-refractivity contribution < 1.29 is 4.79 Å². The molecule has 5 nitrogen and oxygen atoms in total. The summed E-state index contributed by atoms with van der Waals surface area (Å²) in [7, 11) is 0. The molecule has 7 heteroatoms. The summed E-state index contributed by atoms with van der Waals surface area (Å²) in [5, 5.41) is 7.69. The molecule has 0 aliphatic heterocycles. The number of fused-ring (bicyclic) bond motifs is 1. The van der Waals surface area contributed by atoms with Gasteiger partial charge in [-0.1, -0.05) is 29.3 Å². The van der Waals surface area contributed by atoms with Crippen LogP contribution < -0.4 is 10.9 Å². The number of rotatable bonds is 3. The van der Waals surface area contributed by atoms with E-state index < -0.39 is 11.9 Å². The monoisotopic (exact) mass is 351 g/mol. The Kier molecular flexibility index (Phi) is 4.41. The van der Waals surface area contributed by atoms with Crippen molar-refractivity contribution in [3.05, 3.63) is 55.9 Å². The number of benzene rings is 1. The van der Waals surface area contributed by atoms with Gasteiger partial charge in [0.25, 0.3) is 5.56 Å². The molecule has 1 atom stereocenters. The second kappa shape index (κ2) is 6.34. The summed E-state index contributed by atoms with van der Waals surface area (Å²) >= 11 is 12.1. The minimum absolute atomic E-state index is 0.279. The fraction of sp³-hybridized carbons (Fsp3) is 0.312. The minimum Gasteiger partial charge on any atom is -0.322 e. The lowest BCUT2D eigenvalue weighted by Gasteiger charge is -2.16. The molecule has 0 saturated carbocycles. The third-order valence-electron chi connectivity index (χ3n) is 3.94. The maximum Gasteiger partial charge on any atom is 0.267 e. The van der Waals surface area contributed by atoms with E-state index in [1.165, 1.54) is 4.68 Å². The predicted octanol–water partition coefficient (Wildman–Crippen LogP) is 3.24. The molecule has 3 rings (SSSR count). The average molecular weight is 352 g/mol. The van der Waals surface area contributed by atoms with Crippen molar-refractivity contribution in [2.75, 3.05) is 5.32 Å². The first kappa shape index (κ1) is 16.0. The second-order valence-corrected chi connectivity index (χ2v) is 6.33. The number of hydrogen-bond acceptors (Lipinski definition) is 3. The van der Waals surface area contributed by atoms with Crippen LogP contribution in [0.1, 0.15) is 30.6 Å². The number of carbonyl (C=O) groups is 1. The summed E-state index contributed by atoms with van der Waals surface area (Å²) in [6, 6.07) is 5.76. The van der Waals surface area contributed by atoms with Gasteiger partial charge in [-0.25, -0.2) is 4.68 Å². The van der Waals surface area contributed by atoms with Gasteiger partial charge in [0.05, 0.1) is 21.4 Å². The number of carbonyl (C=O) groups excluding carboxylic acids is 1. The highest BCUT2D eigenvalue weighted by molar-refractivity contribution is 6.39. The second-order valence-electron chi connectivity index (χ2n) is 5.51. The third-order valence-corrected chi connectivity index (χ3v) is 4.57. The summed E-state index contributed by atoms with van der Waals surface area (Å²) in [5.41, 5.74) is 1.92. The van der Waals surface area contributed by atoms with Gasteiger partial charge in [-0.3, -0.25) is 9.59 Å². The van der Waals surface area contributed by atoms with Gasteiger partial charge in [-0.15, -0.1) is 0 Å². The normalized spacial score (nSPS) is 14.4. The molecule has 1 aliphatic rings. The van der Waals surface area contributed by atoms with Gasteiger partial charge >= 0.3 is 0 Å². The molecule has 0 saturated heterocycles. The quantitative estimate of drug-likeness (QED) is 0.922. The fourth-order valence-corrected chi connectivity index (χ4v) is 3.14. The Hall–Kier alpha value is -1.85. The smallest absolute Gasteiger partial charge is 0.267 e. The van der Waals surface area contributed by atoms with E-state index in [4.69, 9.17) is 23.2 Å². The number of aromatic nitrogens is 2. The Bertz CT molecular complexity index is 812. The summed E-state index contributed by atoms with van der Waals surface area (Å²) in [6.07, 6.45) is 2.69. The largest absolute Gasteiger partial charge is 0.322 e. The van der Waals surface area contributed by atoms with E-state index in [0.717, 1.165) is 30.5 Å². The molecule has 1 aliphatic carbocycles. The highest BCUT2D eigenvalue weighted by Crippen LogP contribution is 2.30. The van der Waals surface area contributed by atoms with Crippen LogP contribution in [0.2, 0.25) is 10.0 Å². The van der Waals surface area contributed by atoms with Crippen molar-refractivity contribution in [3.8, 4) is 0 Å². The van der Waals surface area contributed by atoms with E-state index >= 15 is 0 Å². The van der Waals surface area contributed by atoms with Gasteiger partial charge in [0, 0.05) is 6.07 Å². The fourth-order valence-electron chi connectivity index (χ4n) is 2.65. The number of para-hydroxylation sites is 1. The molecule has 2 aromatic rings. The van der Waals surface area contributed by atoms with E-state index in [0.29, 0.717) is 15.7 Å². The summed E-state index contributed by atoms with van der Waals surface area (Å²) in [5.74, 6) is -0.396. The number of amides is 1. The van der Waals surface area contributed by atoms with Gasteiger partial charge in [0.15, 0.2) is 0 Å². The number of hydrogen-bond donors (Lipinski definition) is 1. The molecule has 1 heterocycles. The molecule has 0 radical (unpaired) electrons. The van der Waals surface area contributed by atoms with Gasteiger partial charge in [0.2, 0.25) is 5.91 Å². The highest BCUT2D eigenvalue weighted by Gasteiger charge is 2.22. The summed E-state index contributed by atoms with van der Waals surface area (Å²) in [6.45, 7) is 1.62. The SMILES string of the molecule is CC(C(=O)Nc1c(Cl)cccc1Cl)n1nc2c(cc1=O)CCC2. The van der Waals surface area contributed by atoms with Crippen LogP contribution in [0.3, 0.4) is 0 Å². The van der Waals surface area contributed by atoms with Gasteiger partial charge in [-0.05, 0) is 43.9 Å². The van der Waals surface area contributed by atoms with Crippen molar-refractivity contribution in [1.29, 1.82) is 0 Å². The van der Waals surface area contributed by atoms with Crippen LogP contribution in [0.5, 0.6) is 0 Å². The van der Waals surface area contributed by atoms with E-state index in [9.17, 15) is 9.59 Å². The van der Waals surface area contributed by atoms with E-state index in [1.54, 1.807) is 31.2 Å². The minimum atomic E-state index is -0.763. The Morgan fingerprint density at radius 1 is 1.30 bits per heavy atom. The zero-order valence-corrected chi connectivity index (χ0v) is 14.0. The van der Waals surface area contributed by atoms with Crippen molar-refractivity contribution >= 4 is 34.8 Å². The highest BCUT2D eigenvalue weighted by atomic mass is 35.5. The Morgan fingerprint density at radius 3 is 2.70 bits per heavy atom. The van der Waals surface area contributed by atoms with Crippen LogP contribution in [0.4, 0.5) is 5.69 Å². The van der Waals surface area contributed by atoms with Crippen molar-refractivity contribution in [2.24, 2.45) is 0 Å². The molecule has 1 aromatic carbocycles. The van der Waals surface area contributed by atoms with Crippen LogP contribution >= 0.6 is 23.2 Å². The van der Waals surface area contributed by atoms with Crippen LogP contribution in [0.15, 0.2) is 29.1 Å². The first-order valence-electron chi connectivity index (χ1n) is 7.34. The summed E-state index contributed by atoms with van der Waals surface area (Å²) < 4.78 is 1.21. The molecule has 23 heavy (non-hydrogen) atoms. The van der Waals surface area contributed by atoms with Crippen LogP contribution in [0, 0.1) is 0 Å². The van der Waals surface area contributed by atoms with E-state index in [1.807, 2.05) is 0 Å². The van der Waals surface area contributed by atoms with Gasteiger partial charge in [0.1, 0.15) is 6.04 Å². The van der Waals surface area contributed by atoms with Crippen LogP contribution in [-0.4, -0.2) is 15.7 Å². The third kappa shape index (κ3) is 3.12. The lowest BCUT2D eigenvalue weighted by atomic mass is 10.2. The number of aryl methyl sites for hydroxylation is 2. The molecule has 0 bridgehead atoms. The van der Waals surface area contributed by atoms with E-state index in [-0.39, 0.29) is 5.56 Å². The maximum atomic E-state index is 12.4. The Labute approximate surface area is 143 Å². The van der Waals surface area contributed by atoms with Crippen molar-refractivity contribution in [1.82, 2.24) is 9.78 Å². The number of anilines is 1. The lowest BCUT2D eigenvalue weighted by molar-refractivity contribution is -0.119. The Balaban J connectivity index is 1.87. The molecular formula is C16H15Cl2N3O2. The van der Waals surface area contributed by atoms with Crippen molar-refractivity contribution in [3.63, 3.8) is 0 Å². The Morgan fingerprint density at radius 2 is 2.00 bits per heavy atom. The molecule has 1 N–H and O–H groups in total. The van der Waals surface area contributed by atoms with Gasteiger partial charge < -0.3 is 5.32 Å². The van der Waals surface area contributed by atoms with E-state index in [2.05, 4.69) is 10.4 Å². The van der Waals surface area contributed by atoms with Crippen LogP contribution in [0.25, 0.3) is 0 Å². The lowest BCUT2D eigenvalue weighted by Crippen LogP contribution is -2.34. The molecule has 1 aromatic heterocycles. The first-order chi connectivity index (χ1) is 11.0. The number of nitrogens with zero attached hydrogens (tertiary/aromatic N) is 2. The van der Waals surface area contributed by atoms with Crippen molar-refractivity contribution in [2.45, 2.75) is 32.2 Å². The zero-order valence-electron chi connectivity index (χ0n) is 12.5. The molecule has 120 valence electrons. The molecular weight excluding hydrogens is 337 g/mol. The molecule has 1 amide bonds. The molecule has 0 fully saturated rings. The number of nitrogens with one attached hydrogen (secondary N) is 1. The average Bonchev–Trinajstić information content (AvgIpc) is 2.96. The first-order valence-corrected chi connectivity index (χ1v) is 8.09. The topological polar surface area (TPSA) is 64.0 Å².